The van der Waals surface area contributed by atoms with Crippen molar-refractivity contribution >= 4 is 11.8 Å². The normalized spacial score (nSPS) is 11.8. The van der Waals surface area contributed by atoms with E-state index >= 15 is 0 Å². The SMILES string of the molecule is C#CCn1cnc(C(Cc2ccc(N)nc2)C(=O)O)c1. The molecule has 2 rings (SSSR count). The molecule has 6 heteroatoms. The fourth-order valence-electron chi connectivity index (χ4n) is 1.86. The van der Waals surface area contributed by atoms with Gasteiger partial charge in [-0.25, -0.2) is 9.97 Å². The number of hydrogen-bond donors (Lipinski definition) is 2. The molecule has 2 aromatic heterocycles. The van der Waals surface area contributed by atoms with Crippen LogP contribution in [0.15, 0.2) is 30.9 Å². The van der Waals surface area contributed by atoms with Gasteiger partial charge in [0.2, 0.25) is 0 Å². The molecule has 2 heterocycles. The molecule has 3 N–H and O–H groups in total. The zero-order valence-electron chi connectivity index (χ0n) is 10.7. The minimum absolute atomic E-state index is 0.301. The van der Waals surface area contributed by atoms with Crippen LogP contribution in [0.1, 0.15) is 17.2 Å². The maximum atomic E-state index is 11.4. The summed E-state index contributed by atoms with van der Waals surface area (Å²) < 4.78 is 1.67. The van der Waals surface area contributed by atoms with Gasteiger partial charge in [0.1, 0.15) is 11.7 Å². The lowest BCUT2D eigenvalue weighted by atomic mass is 9.98. The average Bonchev–Trinajstić information content (AvgIpc) is 2.86. The Balaban J connectivity index is 2.20. The van der Waals surface area contributed by atoms with Gasteiger partial charge in [0.15, 0.2) is 0 Å². The third kappa shape index (κ3) is 3.14. The first-order valence-electron chi connectivity index (χ1n) is 5.98. The monoisotopic (exact) mass is 270 g/mol. The van der Waals surface area contributed by atoms with Crippen molar-refractivity contribution in [2.24, 2.45) is 0 Å². The van der Waals surface area contributed by atoms with Crippen molar-refractivity contribution in [3.63, 3.8) is 0 Å². The summed E-state index contributed by atoms with van der Waals surface area (Å²) >= 11 is 0. The van der Waals surface area contributed by atoms with Crippen LogP contribution in [0, 0.1) is 12.3 Å². The lowest BCUT2D eigenvalue weighted by Gasteiger charge is -2.09. The molecule has 20 heavy (non-hydrogen) atoms. The molecule has 102 valence electrons. The lowest BCUT2D eigenvalue weighted by molar-refractivity contribution is -0.138. The Morgan fingerprint density at radius 1 is 1.50 bits per heavy atom. The molecular weight excluding hydrogens is 256 g/mol. The van der Waals surface area contributed by atoms with E-state index in [1.54, 1.807) is 29.1 Å². The van der Waals surface area contributed by atoms with E-state index in [4.69, 9.17) is 12.2 Å². The molecule has 0 aliphatic rings. The highest BCUT2D eigenvalue weighted by Gasteiger charge is 2.23. The van der Waals surface area contributed by atoms with Gasteiger partial charge in [-0.15, -0.1) is 6.42 Å². The Morgan fingerprint density at radius 3 is 2.90 bits per heavy atom. The summed E-state index contributed by atoms with van der Waals surface area (Å²) in [4.78, 5) is 19.5. The Hall–Kier alpha value is -2.81. The summed E-state index contributed by atoms with van der Waals surface area (Å²) in [6.07, 6.45) is 10.3. The molecule has 2 aromatic rings. The van der Waals surface area contributed by atoms with Crippen molar-refractivity contribution in [3.05, 3.63) is 42.1 Å². The Bertz CT molecular complexity index is 640. The number of anilines is 1. The summed E-state index contributed by atoms with van der Waals surface area (Å²) in [6.45, 7) is 0.364. The fourth-order valence-corrected chi connectivity index (χ4v) is 1.86. The predicted octanol–water partition coefficient (Wildman–Crippen LogP) is 0.904. The number of aliphatic carboxylic acids is 1. The third-order valence-electron chi connectivity index (χ3n) is 2.87. The first kappa shape index (κ1) is 13.6. The second kappa shape index (κ2) is 5.89. The van der Waals surface area contributed by atoms with Gasteiger partial charge in [-0.05, 0) is 18.1 Å². The maximum absolute atomic E-state index is 11.4. The van der Waals surface area contributed by atoms with E-state index in [1.807, 2.05) is 0 Å². The molecule has 1 unspecified atom stereocenters. The molecule has 1 atom stereocenters. The number of hydrogen-bond acceptors (Lipinski definition) is 4. The van der Waals surface area contributed by atoms with E-state index in [1.165, 1.54) is 6.33 Å². The largest absolute Gasteiger partial charge is 0.481 e. The minimum atomic E-state index is -0.937. The number of carboxylic acid groups (broad SMARTS) is 1. The fraction of sp³-hybridized carbons (Fsp3) is 0.214. The van der Waals surface area contributed by atoms with Crippen molar-refractivity contribution in [1.82, 2.24) is 14.5 Å². The Labute approximate surface area is 116 Å². The van der Waals surface area contributed by atoms with Gasteiger partial charge in [-0.3, -0.25) is 4.79 Å². The van der Waals surface area contributed by atoms with Gasteiger partial charge in [0, 0.05) is 12.4 Å². The molecule has 0 fully saturated rings. The van der Waals surface area contributed by atoms with Crippen molar-refractivity contribution in [3.8, 4) is 12.3 Å². The van der Waals surface area contributed by atoms with Crippen LogP contribution in [0.3, 0.4) is 0 Å². The van der Waals surface area contributed by atoms with Gasteiger partial charge in [-0.1, -0.05) is 12.0 Å². The molecule has 0 aliphatic heterocycles. The number of rotatable bonds is 5. The number of pyridine rings is 1. The summed E-state index contributed by atoms with van der Waals surface area (Å²) in [5, 5.41) is 9.35. The number of carbonyl (C=O) groups is 1. The quantitative estimate of drug-likeness (QED) is 0.787. The number of nitrogen functional groups attached to an aromatic ring is 1. The van der Waals surface area contributed by atoms with Crippen LogP contribution in [0.2, 0.25) is 0 Å². The van der Waals surface area contributed by atoms with Gasteiger partial charge in [0.05, 0.1) is 18.6 Å². The number of imidazole rings is 1. The van der Waals surface area contributed by atoms with Gasteiger partial charge in [-0.2, -0.15) is 0 Å². The van der Waals surface area contributed by atoms with Gasteiger partial charge in [0.25, 0.3) is 0 Å². The number of nitrogens with zero attached hydrogens (tertiary/aromatic N) is 3. The van der Waals surface area contributed by atoms with E-state index in [-0.39, 0.29) is 0 Å². The van der Waals surface area contributed by atoms with E-state index < -0.39 is 11.9 Å². The van der Waals surface area contributed by atoms with Crippen molar-refractivity contribution < 1.29 is 9.90 Å². The smallest absolute Gasteiger partial charge is 0.312 e. The van der Waals surface area contributed by atoms with Crippen LogP contribution < -0.4 is 5.73 Å². The second-order valence-corrected chi connectivity index (χ2v) is 4.36. The molecule has 0 amide bonds. The third-order valence-corrected chi connectivity index (χ3v) is 2.87. The summed E-state index contributed by atoms with van der Waals surface area (Å²) in [5.74, 6) is 1.20. The van der Waals surface area contributed by atoms with Gasteiger partial charge < -0.3 is 15.4 Å². The second-order valence-electron chi connectivity index (χ2n) is 4.36. The average molecular weight is 270 g/mol. The van der Waals surface area contributed by atoms with Crippen LogP contribution in [0.4, 0.5) is 5.82 Å². The van der Waals surface area contributed by atoms with Crippen molar-refractivity contribution in [1.29, 1.82) is 0 Å². The van der Waals surface area contributed by atoms with Crippen LogP contribution >= 0.6 is 0 Å². The number of nitrogens with two attached hydrogens (primary N) is 1. The highest BCUT2D eigenvalue weighted by atomic mass is 16.4. The summed E-state index contributed by atoms with van der Waals surface area (Å²) in [5.41, 5.74) is 6.77. The van der Waals surface area contributed by atoms with Crippen LogP contribution in [0.25, 0.3) is 0 Å². The van der Waals surface area contributed by atoms with Crippen LogP contribution in [0.5, 0.6) is 0 Å². The highest BCUT2D eigenvalue weighted by Crippen LogP contribution is 2.20. The first-order chi connectivity index (χ1) is 9.60. The molecule has 0 saturated carbocycles. The number of carboxylic acids is 1. The molecule has 0 saturated heterocycles. The molecule has 0 bridgehead atoms. The van der Waals surface area contributed by atoms with E-state index in [0.717, 1.165) is 5.56 Å². The van der Waals surface area contributed by atoms with E-state index in [2.05, 4.69) is 15.9 Å². The maximum Gasteiger partial charge on any atom is 0.312 e. The molecule has 0 aromatic carbocycles. The molecule has 0 radical (unpaired) electrons. The van der Waals surface area contributed by atoms with E-state index in [0.29, 0.717) is 24.5 Å². The first-order valence-corrected chi connectivity index (χ1v) is 5.98. The van der Waals surface area contributed by atoms with Gasteiger partial charge >= 0.3 is 5.97 Å². The summed E-state index contributed by atoms with van der Waals surface area (Å²) in [6, 6.07) is 3.40. The Morgan fingerprint density at radius 2 is 2.30 bits per heavy atom. The van der Waals surface area contributed by atoms with Crippen LogP contribution in [-0.2, 0) is 17.8 Å². The van der Waals surface area contributed by atoms with Crippen molar-refractivity contribution in [2.75, 3.05) is 5.73 Å². The predicted molar refractivity (Wildman–Crippen MR) is 73.8 cm³/mol. The lowest BCUT2D eigenvalue weighted by Crippen LogP contribution is -2.15. The van der Waals surface area contributed by atoms with Crippen LogP contribution in [-0.4, -0.2) is 25.6 Å². The topological polar surface area (TPSA) is 94.0 Å². The standard InChI is InChI=1S/C14H14N4O2/c1-2-5-18-8-12(17-9-18)11(14(19)20)6-10-3-4-13(15)16-7-10/h1,3-4,7-9,11H,5-6H2,(H2,15,16)(H,19,20). The highest BCUT2D eigenvalue weighted by molar-refractivity contribution is 5.75. The molecule has 6 nitrogen and oxygen atoms in total. The van der Waals surface area contributed by atoms with Crippen molar-refractivity contribution in [2.45, 2.75) is 18.9 Å². The zero-order valence-corrected chi connectivity index (χ0v) is 10.7. The number of aromatic nitrogens is 3. The minimum Gasteiger partial charge on any atom is -0.481 e. The number of terminal acetylenes is 1. The Kier molecular flexibility index (Phi) is 4.01. The van der Waals surface area contributed by atoms with E-state index in [9.17, 15) is 9.90 Å². The molecule has 0 aliphatic carbocycles. The molecular formula is C14H14N4O2. The zero-order chi connectivity index (χ0) is 14.5. The molecule has 0 spiro atoms. The summed E-state index contributed by atoms with van der Waals surface area (Å²) in [7, 11) is 0.